The Labute approximate surface area is 99.0 Å². The molecule has 0 aromatic heterocycles. The van der Waals surface area contributed by atoms with Crippen LogP contribution in [0.5, 0.6) is 0 Å². The van der Waals surface area contributed by atoms with Crippen LogP contribution in [0.1, 0.15) is 18.0 Å². The van der Waals surface area contributed by atoms with Crippen LogP contribution in [0.2, 0.25) is 5.02 Å². The van der Waals surface area contributed by atoms with Gasteiger partial charge in [0.05, 0.1) is 0 Å². The number of hydrogen-bond acceptors (Lipinski definition) is 2. The maximum atomic E-state index is 12.2. The van der Waals surface area contributed by atoms with Crippen molar-refractivity contribution in [2.45, 2.75) is 18.9 Å². The molecule has 0 saturated heterocycles. The van der Waals surface area contributed by atoms with Crippen LogP contribution in [0.3, 0.4) is 0 Å². The van der Waals surface area contributed by atoms with Gasteiger partial charge >= 0.3 is 0 Å². The minimum Gasteiger partial charge on any atom is -0.378 e. The van der Waals surface area contributed by atoms with E-state index in [4.69, 9.17) is 17.3 Å². The highest BCUT2D eigenvalue weighted by Crippen LogP contribution is 2.28. The summed E-state index contributed by atoms with van der Waals surface area (Å²) in [6, 6.07) is 4.52. The van der Waals surface area contributed by atoms with Crippen LogP contribution in [0.15, 0.2) is 18.2 Å². The van der Waals surface area contributed by atoms with E-state index in [1.807, 2.05) is 25.1 Å². The van der Waals surface area contributed by atoms with Gasteiger partial charge in [-0.3, -0.25) is 0 Å². The second kappa shape index (κ2) is 5.46. The Bertz CT molecular complexity index is 356. The van der Waals surface area contributed by atoms with Gasteiger partial charge in [-0.2, -0.15) is 0 Å². The van der Waals surface area contributed by atoms with E-state index in [1.165, 1.54) is 0 Å². The SMILES string of the molecule is CN(C)c1ccc([C@@H](N)CC(F)F)c(Cl)c1. The van der Waals surface area contributed by atoms with Crippen molar-refractivity contribution >= 4 is 17.3 Å². The second-order valence-corrected chi connectivity index (χ2v) is 4.24. The van der Waals surface area contributed by atoms with Crippen molar-refractivity contribution in [3.05, 3.63) is 28.8 Å². The van der Waals surface area contributed by atoms with Crippen LogP contribution >= 0.6 is 11.6 Å². The molecular formula is C11H15ClF2N2. The average molecular weight is 249 g/mol. The number of nitrogens with zero attached hydrogens (tertiary/aromatic N) is 1. The summed E-state index contributed by atoms with van der Waals surface area (Å²) >= 11 is 6.00. The fraction of sp³-hybridized carbons (Fsp3) is 0.455. The minimum absolute atomic E-state index is 0.374. The van der Waals surface area contributed by atoms with Gasteiger partial charge in [0.15, 0.2) is 0 Å². The number of nitrogens with two attached hydrogens (primary N) is 1. The van der Waals surface area contributed by atoms with Crippen molar-refractivity contribution in [3.8, 4) is 0 Å². The molecule has 16 heavy (non-hydrogen) atoms. The lowest BCUT2D eigenvalue weighted by atomic mass is 10.0. The molecule has 0 spiro atoms. The zero-order valence-electron chi connectivity index (χ0n) is 9.25. The Kier molecular flexibility index (Phi) is 4.50. The third kappa shape index (κ3) is 3.32. The maximum absolute atomic E-state index is 12.2. The normalized spacial score (nSPS) is 12.9. The Balaban J connectivity index is 2.90. The minimum atomic E-state index is -2.42. The first-order valence-corrected chi connectivity index (χ1v) is 5.30. The van der Waals surface area contributed by atoms with Gasteiger partial charge in [0.1, 0.15) is 0 Å². The topological polar surface area (TPSA) is 29.3 Å². The van der Waals surface area contributed by atoms with Crippen LogP contribution < -0.4 is 10.6 Å². The maximum Gasteiger partial charge on any atom is 0.240 e. The van der Waals surface area contributed by atoms with Gasteiger partial charge < -0.3 is 10.6 Å². The Morgan fingerprint density at radius 1 is 1.38 bits per heavy atom. The molecular weight excluding hydrogens is 234 g/mol. The Morgan fingerprint density at radius 2 is 2.00 bits per heavy atom. The van der Waals surface area contributed by atoms with E-state index in [-0.39, 0.29) is 6.42 Å². The summed E-state index contributed by atoms with van der Waals surface area (Å²) in [6.07, 6.45) is -2.79. The van der Waals surface area contributed by atoms with Crippen molar-refractivity contribution in [2.75, 3.05) is 19.0 Å². The molecule has 0 fully saturated rings. The lowest BCUT2D eigenvalue weighted by Crippen LogP contribution is -2.15. The van der Waals surface area contributed by atoms with Crippen molar-refractivity contribution in [1.29, 1.82) is 0 Å². The molecule has 0 aliphatic rings. The first-order chi connectivity index (χ1) is 7.41. The van der Waals surface area contributed by atoms with E-state index in [9.17, 15) is 8.78 Å². The Morgan fingerprint density at radius 3 is 2.44 bits per heavy atom. The predicted molar refractivity (Wildman–Crippen MR) is 63.3 cm³/mol. The summed E-state index contributed by atoms with van der Waals surface area (Å²) in [4.78, 5) is 1.88. The van der Waals surface area contributed by atoms with Gasteiger partial charge in [-0.1, -0.05) is 17.7 Å². The van der Waals surface area contributed by atoms with E-state index in [1.54, 1.807) is 12.1 Å². The largest absolute Gasteiger partial charge is 0.378 e. The van der Waals surface area contributed by atoms with Crippen molar-refractivity contribution in [3.63, 3.8) is 0 Å². The number of alkyl halides is 2. The molecule has 1 aromatic rings. The first-order valence-electron chi connectivity index (χ1n) is 4.92. The molecule has 2 nitrogen and oxygen atoms in total. The van der Waals surface area contributed by atoms with Gasteiger partial charge in [-0.15, -0.1) is 0 Å². The van der Waals surface area contributed by atoms with Crippen LogP contribution in [-0.2, 0) is 0 Å². The van der Waals surface area contributed by atoms with Crippen molar-refractivity contribution in [2.24, 2.45) is 5.73 Å². The zero-order valence-corrected chi connectivity index (χ0v) is 10.0. The predicted octanol–water partition coefficient (Wildman–Crippen LogP) is 3.06. The molecule has 0 radical (unpaired) electrons. The quantitative estimate of drug-likeness (QED) is 0.887. The summed E-state index contributed by atoms with van der Waals surface area (Å²) in [7, 11) is 3.76. The highest BCUT2D eigenvalue weighted by molar-refractivity contribution is 6.31. The molecule has 0 aliphatic carbocycles. The molecule has 0 amide bonds. The van der Waals surface area contributed by atoms with Crippen LogP contribution in [-0.4, -0.2) is 20.5 Å². The molecule has 1 atom stereocenters. The lowest BCUT2D eigenvalue weighted by Gasteiger charge is -2.17. The summed E-state index contributed by atoms with van der Waals surface area (Å²) < 4.78 is 24.4. The van der Waals surface area contributed by atoms with Crippen LogP contribution in [0, 0.1) is 0 Å². The number of hydrogen-bond donors (Lipinski definition) is 1. The van der Waals surface area contributed by atoms with E-state index in [0.29, 0.717) is 10.6 Å². The number of halogens is 3. The molecule has 1 rings (SSSR count). The molecule has 5 heteroatoms. The molecule has 0 aliphatic heterocycles. The number of benzene rings is 1. The van der Waals surface area contributed by atoms with Gasteiger partial charge in [0.2, 0.25) is 6.43 Å². The van der Waals surface area contributed by atoms with Gasteiger partial charge in [0.25, 0.3) is 0 Å². The van der Waals surface area contributed by atoms with E-state index < -0.39 is 12.5 Å². The van der Waals surface area contributed by atoms with Gasteiger partial charge in [-0.05, 0) is 17.7 Å². The molecule has 1 aromatic carbocycles. The molecule has 0 heterocycles. The fourth-order valence-corrected chi connectivity index (χ4v) is 1.73. The molecule has 90 valence electrons. The van der Waals surface area contributed by atoms with Crippen molar-refractivity contribution in [1.82, 2.24) is 0 Å². The zero-order chi connectivity index (χ0) is 12.3. The summed E-state index contributed by atoms with van der Waals surface area (Å²) in [5.41, 5.74) is 7.12. The number of anilines is 1. The standard InChI is InChI=1S/C11H15ClF2N2/c1-16(2)7-3-4-8(9(12)5-7)10(15)6-11(13)14/h3-5,10-11H,6,15H2,1-2H3/t10-/m0/s1. The molecule has 0 unspecified atom stereocenters. The molecule has 0 bridgehead atoms. The summed E-state index contributed by atoms with van der Waals surface area (Å²) in [5.74, 6) is 0. The van der Waals surface area contributed by atoms with E-state index >= 15 is 0 Å². The third-order valence-electron chi connectivity index (χ3n) is 2.33. The van der Waals surface area contributed by atoms with Crippen molar-refractivity contribution < 1.29 is 8.78 Å². The monoisotopic (exact) mass is 248 g/mol. The first kappa shape index (κ1) is 13.2. The lowest BCUT2D eigenvalue weighted by molar-refractivity contribution is 0.128. The number of rotatable bonds is 4. The van der Waals surface area contributed by atoms with Gasteiger partial charge in [-0.25, -0.2) is 8.78 Å². The molecule has 2 N–H and O–H groups in total. The fourth-order valence-electron chi connectivity index (χ4n) is 1.41. The van der Waals surface area contributed by atoms with Crippen LogP contribution in [0.4, 0.5) is 14.5 Å². The third-order valence-corrected chi connectivity index (χ3v) is 2.66. The summed E-state index contributed by atoms with van der Waals surface area (Å²) in [6.45, 7) is 0. The summed E-state index contributed by atoms with van der Waals surface area (Å²) in [5, 5.41) is 0.430. The average Bonchev–Trinajstić information content (AvgIpc) is 2.15. The highest BCUT2D eigenvalue weighted by atomic mass is 35.5. The smallest absolute Gasteiger partial charge is 0.240 e. The Hall–Kier alpha value is -0.870. The van der Waals surface area contributed by atoms with Gasteiger partial charge in [0, 0.05) is 37.3 Å². The highest BCUT2D eigenvalue weighted by Gasteiger charge is 2.15. The second-order valence-electron chi connectivity index (χ2n) is 3.83. The molecule has 0 saturated carbocycles. The van der Waals surface area contributed by atoms with E-state index in [2.05, 4.69) is 0 Å². The van der Waals surface area contributed by atoms with Crippen LogP contribution in [0.25, 0.3) is 0 Å². The van der Waals surface area contributed by atoms with E-state index in [0.717, 1.165) is 5.69 Å².